The van der Waals surface area contributed by atoms with Crippen LogP contribution in [0.25, 0.3) is 11.4 Å². The van der Waals surface area contributed by atoms with Gasteiger partial charge in [-0.2, -0.15) is 5.10 Å². The lowest BCUT2D eigenvalue weighted by atomic mass is 10.1. The van der Waals surface area contributed by atoms with Crippen LogP contribution in [0.3, 0.4) is 0 Å². The van der Waals surface area contributed by atoms with Crippen LogP contribution in [-0.2, 0) is 11.3 Å². The number of amides is 1. The SMILES string of the molecule is Cc1cccc(-c2n[nH]c(=S)n2CCC(=O)NC(C)C2CC2)c1. The van der Waals surface area contributed by atoms with E-state index in [-0.39, 0.29) is 11.9 Å². The average Bonchev–Trinajstić information content (AvgIpc) is 3.29. The zero-order valence-electron chi connectivity index (χ0n) is 13.5. The molecule has 122 valence electrons. The molecular weight excluding hydrogens is 308 g/mol. The molecule has 1 aromatic carbocycles. The van der Waals surface area contributed by atoms with E-state index in [2.05, 4.69) is 28.5 Å². The molecule has 1 unspecified atom stereocenters. The van der Waals surface area contributed by atoms with Gasteiger partial charge >= 0.3 is 0 Å². The van der Waals surface area contributed by atoms with Crippen molar-refractivity contribution in [1.29, 1.82) is 0 Å². The number of H-pyrrole nitrogens is 1. The number of benzene rings is 1. The molecule has 0 bridgehead atoms. The molecule has 1 aliphatic rings. The van der Waals surface area contributed by atoms with Gasteiger partial charge in [0.25, 0.3) is 0 Å². The Kier molecular flexibility index (Phi) is 4.61. The van der Waals surface area contributed by atoms with Crippen LogP contribution in [0.4, 0.5) is 0 Å². The summed E-state index contributed by atoms with van der Waals surface area (Å²) in [4.78, 5) is 12.1. The standard InChI is InChI=1S/C17H22N4OS/c1-11-4-3-5-14(10-11)16-19-20-17(23)21(16)9-8-15(22)18-12(2)13-6-7-13/h3-5,10,12-13H,6-9H2,1-2H3,(H,18,22)(H,20,23). The first-order valence-electron chi connectivity index (χ1n) is 8.06. The number of aromatic amines is 1. The number of rotatable bonds is 6. The molecule has 6 heteroatoms. The van der Waals surface area contributed by atoms with E-state index in [1.165, 1.54) is 18.4 Å². The van der Waals surface area contributed by atoms with Crippen LogP contribution in [0.2, 0.25) is 0 Å². The maximum Gasteiger partial charge on any atom is 0.222 e. The zero-order valence-corrected chi connectivity index (χ0v) is 14.3. The fourth-order valence-electron chi connectivity index (χ4n) is 2.78. The predicted molar refractivity (Wildman–Crippen MR) is 92.5 cm³/mol. The van der Waals surface area contributed by atoms with Gasteiger partial charge in [-0.3, -0.25) is 14.5 Å². The van der Waals surface area contributed by atoms with Crippen LogP contribution < -0.4 is 5.32 Å². The number of carbonyl (C=O) groups excluding carboxylic acids is 1. The number of hydrogen-bond acceptors (Lipinski definition) is 3. The predicted octanol–water partition coefficient (Wildman–Crippen LogP) is 3.22. The molecule has 1 fully saturated rings. The first-order valence-corrected chi connectivity index (χ1v) is 8.47. The van der Waals surface area contributed by atoms with Gasteiger partial charge in [0.1, 0.15) is 0 Å². The maximum atomic E-state index is 12.1. The molecule has 0 saturated heterocycles. The molecule has 1 amide bonds. The summed E-state index contributed by atoms with van der Waals surface area (Å²) in [6, 6.07) is 8.38. The second-order valence-electron chi connectivity index (χ2n) is 6.32. The fourth-order valence-corrected chi connectivity index (χ4v) is 3.01. The highest BCUT2D eigenvalue weighted by Gasteiger charge is 2.28. The van der Waals surface area contributed by atoms with E-state index in [0.29, 0.717) is 23.7 Å². The Balaban J connectivity index is 1.69. The quantitative estimate of drug-likeness (QED) is 0.799. The van der Waals surface area contributed by atoms with Crippen LogP contribution in [0.1, 0.15) is 31.7 Å². The van der Waals surface area contributed by atoms with Gasteiger partial charge in [-0.1, -0.05) is 23.8 Å². The molecule has 2 aromatic rings. The normalized spacial score (nSPS) is 15.4. The van der Waals surface area contributed by atoms with E-state index < -0.39 is 0 Å². The molecule has 0 spiro atoms. The van der Waals surface area contributed by atoms with Crippen molar-refractivity contribution in [3.63, 3.8) is 0 Å². The second-order valence-corrected chi connectivity index (χ2v) is 6.70. The minimum Gasteiger partial charge on any atom is -0.353 e. The molecule has 1 heterocycles. The van der Waals surface area contributed by atoms with E-state index in [9.17, 15) is 4.79 Å². The monoisotopic (exact) mass is 330 g/mol. The summed E-state index contributed by atoms with van der Waals surface area (Å²) in [6.07, 6.45) is 2.86. The Bertz CT molecular complexity index is 760. The van der Waals surface area contributed by atoms with E-state index in [1.54, 1.807) is 0 Å². The third-order valence-corrected chi connectivity index (χ3v) is 4.63. The van der Waals surface area contributed by atoms with Crippen molar-refractivity contribution >= 4 is 18.1 Å². The minimum absolute atomic E-state index is 0.0719. The summed E-state index contributed by atoms with van der Waals surface area (Å²) in [7, 11) is 0. The van der Waals surface area contributed by atoms with E-state index in [0.717, 1.165) is 11.4 Å². The van der Waals surface area contributed by atoms with Crippen molar-refractivity contribution < 1.29 is 4.79 Å². The minimum atomic E-state index is 0.0719. The van der Waals surface area contributed by atoms with Crippen LogP contribution in [0, 0.1) is 17.6 Å². The molecule has 5 nitrogen and oxygen atoms in total. The van der Waals surface area contributed by atoms with Crippen molar-refractivity contribution in [2.75, 3.05) is 0 Å². The Hall–Kier alpha value is -1.95. The van der Waals surface area contributed by atoms with Crippen LogP contribution in [-0.4, -0.2) is 26.7 Å². The number of nitrogens with one attached hydrogen (secondary N) is 2. The Morgan fingerprint density at radius 1 is 1.52 bits per heavy atom. The van der Waals surface area contributed by atoms with Crippen molar-refractivity contribution in [2.45, 2.75) is 45.7 Å². The van der Waals surface area contributed by atoms with Gasteiger partial charge in [0.05, 0.1) is 0 Å². The van der Waals surface area contributed by atoms with Crippen LogP contribution in [0.5, 0.6) is 0 Å². The first-order chi connectivity index (χ1) is 11.0. The molecule has 1 aromatic heterocycles. The third kappa shape index (κ3) is 3.88. The van der Waals surface area contributed by atoms with Gasteiger partial charge < -0.3 is 5.32 Å². The Morgan fingerprint density at radius 3 is 3.00 bits per heavy atom. The lowest BCUT2D eigenvalue weighted by molar-refractivity contribution is -0.122. The second kappa shape index (κ2) is 6.66. The average molecular weight is 330 g/mol. The summed E-state index contributed by atoms with van der Waals surface area (Å²) in [5.74, 6) is 1.52. The number of nitrogens with zero attached hydrogens (tertiary/aromatic N) is 2. The van der Waals surface area contributed by atoms with Gasteiger partial charge in [0.2, 0.25) is 5.91 Å². The highest BCUT2D eigenvalue weighted by Crippen LogP contribution is 2.32. The van der Waals surface area contributed by atoms with Gasteiger partial charge in [0, 0.05) is 24.6 Å². The van der Waals surface area contributed by atoms with Gasteiger partial charge in [0.15, 0.2) is 10.6 Å². The van der Waals surface area contributed by atoms with E-state index in [1.807, 2.05) is 29.7 Å². The van der Waals surface area contributed by atoms with Gasteiger partial charge in [-0.05, 0) is 50.9 Å². The van der Waals surface area contributed by atoms with Gasteiger partial charge in [-0.25, -0.2) is 0 Å². The molecule has 3 rings (SSSR count). The van der Waals surface area contributed by atoms with Crippen molar-refractivity contribution in [3.8, 4) is 11.4 Å². The number of hydrogen-bond donors (Lipinski definition) is 2. The molecule has 0 aliphatic heterocycles. The molecule has 1 atom stereocenters. The summed E-state index contributed by atoms with van der Waals surface area (Å²) >= 11 is 5.31. The highest BCUT2D eigenvalue weighted by molar-refractivity contribution is 7.71. The summed E-state index contributed by atoms with van der Waals surface area (Å²) in [5.41, 5.74) is 2.17. The van der Waals surface area contributed by atoms with Crippen molar-refractivity contribution in [1.82, 2.24) is 20.1 Å². The van der Waals surface area contributed by atoms with Gasteiger partial charge in [-0.15, -0.1) is 0 Å². The smallest absolute Gasteiger partial charge is 0.222 e. The third-order valence-electron chi connectivity index (χ3n) is 4.31. The number of carbonyl (C=O) groups is 1. The molecule has 23 heavy (non-hydrogen) atoms. The zero-order chi connectivity index (χ0) is 16.4. The van der Waals surface area contributed by atoms with Crippen molar-refractivity contribution in [3.05, 3.63) is 34.6 Å². The Morgan fingerprint density at radius 2 is 2.30 bits per heavy atom. The van der Waals surface area contributed by atoms with E-state index in [4.69, 9.17) is 12.2 Å². The summed E-state index contributed by atoms with van der Waals surface area (Å²) < 4.78 is 2.44. The molecular formula is C17H22N4OS. The molecule has 1 saturated carbocycles. The summed E-state index contributed by atoms with van der Waals surface area (Å²) in [5, 5.41) is 10.2. The maximum absolute atomic E-state index is 12.1. The molecule has 1 aliphatic carbocycles. The number of aromatic nitrogens is 3. The topological polar surface area (TPSA) is 62.7 Å². The molecule has 0 radical (unpaired) electrons. The largest absolute Gasteiger partial charge is 0.353 e. The van der Waals surface area contributed by atoms with Crippen molar-refractivity contribution in [2.24, 2.45) is 5.92 Å². The molecule has 2 N–H and O–H groups in total. The summed E-state index contributed by atoms with van der Waals surface area (Å²) in [6.45, 7) is 4.65. The first kappa shape index (κ1) is 15.9. The Labute approximate surface area is 141 Å². The lowest BCUT2D eigenvalue weighted by Gasteiger charge is -2.13. The number of aryl methyl sites for hydroxylation is 1. The lowest BCUT2D eigenvalue weighted by Crippen LogP contribution is -2.34. The highest BCUT2D eigenvalue weighted by atomic mass is 32.1. The van der Waals surface area contributed by atoms with Crippen LogP contribution >= 0.6 is 12.2 Å². The van der Waals surface area contributed by atoms with E-state index >= 15 is 0 Å². The van der Waals surface area contributed by atoms with Crippen LogP contribution in [0.15, 0.2) is 24.3 Å². The fraction of sp³-hybridized carbons (Fsp3) is 0.471.